The number of ether oxygens (including phenoxy) is 2. The van der Waals surface area contributed by atoms with Crippen LogP contribution in [0.2, 0.25) is 0 Å². The predicted octanol–water partition coefficient (Wildman–Crippen LogP) is 1.99. The zero-order valence-corrected chi connectivity index (χ0v) is 10.9. The van der Waals surface area contributed by atoms with E-state index in [4.69, 9.17) is 14.6 Å². The zero-order chi connectivity index (χ0) is 14.0. The van der Waals surface area contributed by atoms with Gasteiger partial charge in [0.05, 0.1) is 14.2 Å². The second-order valence-corrected chi connectivity index (χ2v) is 3.84. The first kappa shape index (κ1) is 12.9. The molecule has 0 radical (unpaired) electrons. The molecule has 0 unspecified atom stereocenters. The van der Waals surface area contributed by atoms with E-state index in [2.05, 4.69) is 10.3 Å². The molecule has 0 aliphatic rings. The van der Waals surface area contributed by atoms with Gasteiger partial charge in [-0.1, -0.05) is 0 Å². The van der Waals surface area contributed by atoms with Crippen molar-refractivity contribution in [2.75, 3.05) is 26.6 Å². The number of methoxy groups -OCH3 is 2. The Kier molecular flexibility index (Phi) is 3.41. The van der Waals surface area contributed by atoms with Gasteiger partial charge in [0.25, 0.3) is 0 Å². The van der Waals surface area contributed by atoms with E-state index in [0.717, 1.165) is 0 Å². The minimum absolute atomic E-state index is 0.102. The van der Waals surface area contributed by atoms with E-state index in [1.807, 2.05) is 0 Å². The van der Waals surface area contributed by atoms with Crippen LogP contribution in [0.3, 0.4) is 0 Å². The lowest BCUT2D eigenvalue weighted by molar-refractivity contribution is 0.0698. The number of anilines is 1. The van der Waals surface area contributed by atoms with E-state index in [1.165, 1.54) is 14.2 Å². The highest BCUT2D eigenvalue weighted by atomic mass is 16.5. The van der Waals surface area contributed by atoms with Gasteiger partial charge in [-0.05, 0) is 12.1 Å². The number of hydrogen-bond donors (Lipinski definition) is 2. The molecule has 0 spiro atoms. The van der Waals surface area contributed by atoms with Crippen molar-refractivity contribution in [3.63, 3.8) is 0 Å². The number of aromatic nitrogens is 1. The van der Waals surface area contributed by atoms with Crippen molar-refractivity contribution in [2.24, 2.45) is 0 Å². The van der Waals surface area contributed by atoms with E-state index >= 15 is 0 Å². The smallest absolute Gasteiger partial charge is 0.339 e. The fraction of sp³-hybridized carbons (Fsp3) is 0.231. The molecule has 19 heavy (non-hydrogen) atoms. The number of carboxylic acid groups (broad SMARTS) is 1. The Morgan fingerprint density at radius 3 is 2.53 bits per heavy atom. The second kappa shape index (κ2) is 5.01. The minimum Gasteiger partial charge on any atom is -0.497 e. The molecule has 0 atom stereocenters. The maximum atomic E-state index is 11.2. The first-order valence-electron chi connectivity index (χ1n) is 5.58. The van der Waals surface area contributed by atoms with Gasteiger partial charge in [-0.15, -0.1) is 0 Å². The van der Waals surface area contributed by atoms with Gasteiger partial charge in [-0.25, -0.2) is 9.78 Å². The van der Waals surface area contributed by atoms with Crippen LogP contribution in [-0.4, -0.2) is 37.3 Å². The van der Waals surface area contributed by atoms with Crippen LogP contribution in [0.25, 0.3) is 10.9 Å². The average Bonchev–Trinajstić information content (AvgIpc) is 2.44. The predicted molar refractivity (Wildman–Crippen MR) is 71.4 cm³/mol. The Morgan fingerprint density at radius 1 is 1.26 bits per heavy atom. The zero-order valence-electron chi connectivity index (χ0n) is 10.9. The standard InChI is InChI=1S/C13H14N2O4/c1-14-12-9(13(16)17)5-7-4-8(18-2)6-10(19-3)11(7)15-12/h4-6H,1-3H3,(H,14,15)(H,16,17). The molecule has 0 amide bonds. The first-order valence-corrected chi connectivity index (χ1v) is 5.58. The van der Waals surface area contributed by atoms with Gasteiger partial charge in [-0.2, -0.15) is 0 Å². The number of fused-ring (bicyclic) bond motifs is 1. The van der Waals surface area contributed by atoms with Gasteiger partial charge >= 0.3 is 5.97 Å². The largest absolute Gasteiger partial charge is 0.497 e. The van der Waals surface area contributed by atoms with Crippen molar-refractivity contribution in [3.8, 4) is 11.5 Å². The third-order valence-electron chi connectivity index (χ3n) is 2.78. The lowest BCUT2D eigenvalue weighted by Crippen LogP contribution is -2.05. The maximum absolute atomic E-state index is 11.2. The fourth-order valence-electron chi connectivity index (χ4n) is 1.86. The number of hydrogen-bond acceptors (Lipinski definition) is 5. The molecule has 0 aliphatic heterocycles. The molecular weight excluding hydrogens is 248 g/mol. The number of aromatic carboxylic acids is 1. The lowest BCUT2D eigenvalue weighted by Gasteiger charge is -2.11. The molecule has 0 saturated carbocycles. The number of carbonyl (C=O) groups is 1. The number of benzene rings is 1. The number of pyridine rings is 1. The summed E-state index contributed by atoms with van der Waals surface area (Å²) in [7, 11) is 4.69. The van der Waals surface area contributed by atoms with Gasteiger partial charge in [-0.3, -0.25) is 0 Å². The van der Waals surface area contributed by atoms with Gasteiger partial charge in [0, 0.05) is 18.5 Å². The first-order chi connectivity index (χ1) is 9.10. The number of rotatable bonds is 4. The summed E-state index contributed by atoms with van der Waals surface area (Å²) in [6, 6.07) is 4.97. The molecular formula is C13H14N2O4. The highest BCUT2D eigenvalue weighted by Gasteiger charge is 2.15. The SMILES string of the molecule is CNc1nc2c(OC)cc(OC)cc2cc1C(=O)O. The van der Waals surface area contributed by atoms with E-state index in [9.17, 15) is 4.79 Å². The molecule has 2 N–H and O–H groups in total. The molecule has 1 aromatic heterocycles. The Labute approximate surface area is 110 Å². The van der Waals surface area contributed by atoms with Gasteiger partial charge in [0.1, 0.15) is 28.4 Å². The quantitative estimate of drug-likeness (QED) is 0.877. The number of carboxylic acids is 1. The summed E-state index contributed by atoms with van der Waals surface area (Å²) in [6.45, 7) is 0. The lowest BCUT2D eigenvalue weighted by atomic mass is 10.1. The van der Waals surface area contributed by atoms with Crippen LogP contribution in [0.4, 0.5) is 5.82 Å². The normalized spacial score (nSPS) is 10.3. The number of nitrogens with one attached hydrogen (secondary N) is 1. The highest BCUT2D eigenvalue weighted by molar-refractivity contribution is 5.99. The molecule has 100 valence electrons. The summed E-state index contributed by atoms with van der Waals surface area (Å²) in [5, 5.41) is 12.6. The number of nitrogens with zero attached hydrogens (tertiary/aromatic N) is 1. The fourth-order valence-corrected chi connectivity index (χ4v) is 1.86. The third-order valence-corrected chi connectivity index (χ3v) is 2.78. The van der Waals surface area contributed by atoms with Crippen LogP contribution < -0.4 is 14.8 Å². The van der Waals surface area contributed by atoms with Crippen molar-refractivity contribution >= 4 is 22.7 Å². The summed E-state index contributed by atoms with van der Waals surface area (Å²) in [5.74, 6) is 0.367. The molecule has 6 nitrogen and oxygen atoms in total. The summed E-state index contributed by atoms with van der Waals surface area (Å²) in [6.07, 6.45) is 0. The Bertz CT molecular complexity index is 640. The van der Waals surface area contributed by atoms with Crippen LogP contribution in [0, 0.1) is 0 Å². The Hall–Kier alpha value is -2.50. The molecule has 0 bridgehead atoms. The van der Waals surface area contributed by atoms with Crippen LogP contribution in [0.1, 0.15) is 10.4 Å². The van der Waals surface area contributed by atoms with Gasteiger partial charge in [0.15, 0.2) is 0 Å². The van der Waals surface area contributed by atoms with E-state index < -0.39 is 5.97 Å². The van der Waals surface area contributed by atoms with Gasteiger partial charge < -0.3 is 19.9 Å². The maximum Gasteiger partial charge on any atom is 0.339 e. The van der Waals surface area contributed by atoms with Crippen molar-refractivity contribution < 1.29 is 19.4 Å². The van der Waals surface area contributed by atoms with Crippen LogP contribution in [0.15, 0.2) is 18.2 Å². The summed E-state index contributed by atoms with van der Waals surface area (Å²) >= 11 is 0. The molecule has 0 saturated heterocycles. The molecule has 2 rings (SSSR count). The summed E-state index contributed by atoms with van der Waals surface area (Å²) in [5.41, 5.74) is 0.683. The molecule has 1 aromatic carbocycles. The molecule has 0 fully saturated rings. The monoisotopic (exact) mass is 262 g/mol. The Balaban J connectivity index is 2.80. The molecule has 2 aromatic rings. The van der Waals surface area contributed by atoms with Crippen LogP contribution >= 0.6 is 0 Å². The topological polar surface area (TPSA) is 80.7 Å². The van der Waals surface area contributed by atoms with Crippen molar-refractivity contribution in [3.05, 3.63) is 23.8 Å². The van der Waals surface area contributed by atoms with Crippen molar-refractivity contribution in [1.29, 1.82) is 0 Å². The summed E-state index contributed by atoms with van der Waals surface area (Å²) < 4.78 is 10.4. The Morgan fingerprint density at radius 2 is 2.00 bits per heavy atom. The molecule has 1 heterocycles. The molecule has 6 heteroatoms. The minimum atomic E-state index is -1.04. The van der Waals surface area contributed by atoms with E-state index in [1.54, 1.807) is 25.2 Å². The third kappa shape index (κ3) is 2.24. The highest BCUT2D eigenvalue weighted by Crippen LogP contribution is 2.32. The van der Waals surface area contributed by atoms with Crippen LogP contribution in [0.5, 0.6) is 11.5 Å². The molecule has 0 aliphatic carbocycles. The van der Waals surface area contributed by atoms with E-state index in [0.29, 0.717) is 28.2 Å². The average molecular weight is 262 g/mol. The van der Waals surface area contributed by atoms with Crippen molar-refractivity contribution in [2.45, 2.75) is 0 Å². The van der Waals surface area contributed by atoms with E-state index in [-0.39, 0.29) is 5.56 Å². The van der Waals surface area contributed by atoms with Crippen LogP contribution in [-0.2, 0) is 0 Å². The van der Waals surface area contributed by atoms with Crippen molar-refractivity contribution in [1.82, 2.24) is 4.98 Å². The van der Waals surface area contributed by atoms with Gasteiger partial charge in [0.2, 0.25) is 0 Å². The second-order valence-electron chi connectivity index (χ2n) is 3.84. The summed E-state index contributed by atoms with van der Waals surface area (Å²) in [4.78, 5) is 15.5.